The van der Waals surface area contributed by atoms with Crippen LogP contribution in [0, 0.1) is 5.92 Å². The zero-order valence-corrected chi connectivity index (χ0v) is 12.5. The van der Waals surface area contributed by atoms with Crippen LogP contribution in [0.5, 0.6) is 0 Å². The lowest BCUT2D eigenvalue weighted by Gasteiger charge is -2.46. The van der Waals surface area contributed by atoms with E-state index >= 15 is 0 Å². The van der Waals surface area contributed by atoms with Gasteiger partial charge in [0.2, 0.25) is 0 Å². The molecule has 18 heavy (non-hydrogen) atoms. The minimum atomic E-state index is 0.160. The molecule has 1 heterocycles. The molecule has 4 nitrogen and oxygen atoms in total. The predicted molar refractivity (Wildman–Crippen MR) is 76.3 cm³/mol. The first-order valence-corrected chi connectivity index (χ1v) is 7.32. The maximum atomic E-state index is 5.86. The number of rotatable bonds is 7. The Morgan fingerprint density at radius 3 is 2.22 bits per heavy atom. The quantitative estimate of drug-likeness (QED) is 0.539. The zero-order valence-electron chi connectivity index (χ0n) is 12.5. The smallest absolute Gasteiger partial charge is 0.0468 e. The Balaban J connectivity index is 2.71. The first-order chi connectivity index (χ1) is 8.60. The standard InChI is InChI=1S/C14H31N3O/c1-5-14(6-2,17(3)4)13(16-15)11-12-7-9-18-10-8-12/h12-13,16H,5-11,15H2,1-4H3. The topological polar surface area (TPSA) is 50.5 Å². The highest BCUT2D eigenvalue weighted by molar-refractivity contribution is 4.97. The van der Waals surface area contributed by atoms with Gasteiger partial charge in [0, 0.05) is 24.8 Å². The largest absolute Gasteiger partial charge is 0.381 e. The molecule has 1 aliphatic heterocycles. The van der Waals surface area contributed by atoms with Crippen LogP contribution in [0.2, 0.25) is 0 Å². The lowest BCUT2D eigenvalue weighted by atomic mass is 9.78. The van der Waals surface area contributed by atoms with Gasteiger partial charge in [0.05, 0.1) is 0 Å². The third-order valence-corrected chi connectivity index (χ3v) is 4.87. The average Bonchev–Trinajstić information content (AvgIpc) is 2.40. The fraction of sp³-hybridized carbons (Fsp3) is 1.00. The van der Waals surface area contributed by atoms with E-state index in [9.17, 15) is 0 Å². The Labute approximate surface area is 112 Å². The molecule has 1 aliphatic rings. The van der Waals surface area contributed by atoms with Crippen LogP contribution in [0.3, 0.4) is 0 Å². The highest BCUT2D eigenvalue weighted by Gasteiger charge is 2.38. The molecule has 0 aromatic carbocycles. The van der Waals surface area contributed by atoms with Crippen molar-refractivity contribution in [3.05, 3.63) is 0 Å². The second-order valence-corrected chi connectivity index (χ2v) is 5.72. The van der Waals surface area contributed by atoms with Gasteiger partial charge in [0.15, 0.2) is 0 Å². The fourth-order valence-electron chi connectivity index (χ4n) is 3.44. The van der Waals surface area contributed by atoms with Crippen LogP contribution in [0.1, 0.15) is 46.0 Å². The van der Waals surface area contributed by atoms with E-state index < -0.39 is 0 Å². The van der Waals surface area contributed by atoms with E-state index in [1.807, 2.05) is 0 Å². The molecule has 1 saturated heterocycles. The SMILES string of the molecule is CCC(CC)(C(CC1CCOCC1)NN)N(C)C. The van der Waals surface area contributed by atoms with Crippen molar-refractivity contribution in [3.63, 3.8) is 0 Å². The predicted octanol–water partition coefficient (Wildman–Crippen LogP) is 1.76. The molecule has 0 aromatic rings. The monoisotopic (exact) mass is 257 g/mol. The Kier molecular flexibility index (Phi) is 6.57. The molecule has 0 aliphatic carbocycles. The Morgan fingerprint density at radius 2 is 1.83 bits per heavy atom. The second kappa shape index (κ2) is 7.43. The summed E-state index contributed by atoms with van der Waals surface area (Å²) in [6, 6.07) is 0.352. The van der Waals surface area contributed by atoms with Crippen molar-refractivity contribution >= 4 is 0 Å². The number of likely N-dealkylation sites (N-methyl/N-ethyl adjacent to an activating group) is 1. The third-order valence-electron chi connectivity index (χ3n) is 4.87. The first-order valence-electron chi connectivity index (χ1n) is 7.32. The molecule has 0 bridgehead atoms. The van der Waals surface area contributed by atoms with E-state index in [1.165, 1.54) is 12.8 Å². The van der Waals surface area contributed by atoms with Crippen LogP contribution in [0.4, 0.5) is 0 Å². The molecular formula is C14H31N3O. The molecule has 1 atom stereocenters. The van der Waals surface area contributed by atoms with Gasteiger partial charge in [0.1, 0.15) is 0 Å². The molecule has 4 heteroatoms. The van der Waals surface area contributed by atoms with Gasteiger partial charge in [-0.2, -0.15) is 0 Å². The summed E-state index contributed by atoms with van der Waals surface area (Å²) in [7, 11) is 4.34. The van der Waals surface area contributed by atoms with Gasteiger partial charge < -0.3 is 9.64 Å². The highest BCUT2D eigenvalue weighted by atomic mass is 16.5. The fourth-order valence-corrected chi connectivity index (χ4v) is 3.44. The Bertz CT molecular complexity index is 223. The normalized spacial score (nSPS) is 20.3. The van der Waals surface area contributed by atoms with Crippen molar-refractivity contribution in [2.75, 3.05) is 27.3 Å². The molecule has 0 saturated carbocycles. The Morgan fingerprint density at radius 1 is 1.28 bits per heavy atom. The summed E-state index contributed by atoms with van der Waals surface area (Å²) in [6.07, 6.45) is 5.74. The number of nitrogens with two attached hydrogens (primary N) is 1. The molecule has 0 spiro atoms. The zero-order chi connectivity index (χ0) is 13.6. The second-order valence-electron chi connectivity index (χ2n) is 5.72. The lowest BCUT2D eigenvalue weighted by Crippen LogP contribution is -2.60. The van der Waals surface area contributed by atoms with Crippen LogP contribution >= 0.6 is 0 Å². The molecule has 1 fully saturated rings. The molecular weight excluding hydrogens is 226 g/mol. The minimum absolute atomic E-state index is 0.160. The maximum Gasteiger partial charge on any atom is 0.0468 e. The highest BCUT2D eigenvalue weighted by Crippen LogP contribution is 2.31. The van der Waals surface area contributed by atoms with Crippen molar-refractivity contribution < 1.29 is 4.74 Å². The van der Waals surface area contributed by atoms with Crippen LogP contribution in [0.25, 0.3) is 0 Å². The van der Waals surface area contributed by atoms with Crippen LogP contribution in [-0.4, -0.2) is 43.8 Å². The van der Waals surface area contributed by atoms with Crippen molar-refractivity contribution in [2.24, 2.45) is 11.8 Å². The van der Waals surface area contributed by atoms with Crippen molar-refractivity contribution in [3.8, 4) is 0 Å². The van der Waals surface area contributed by atoms with Crippen molar-refractivity contribution in [2.45, 2.75) is 57.5 Å². The molecule has 0 radical (unpaired) electrons. The van der Waals surface area contributed by atoms with Gasteiger partial charge in [0.25, 0.3) is 0 Å². The van der Waals surface area contributed by atoms with E-state index in [0.717, 1.165) is 38.4 Å². The van der Waals surface area contributed by atoms with Crippen molar-refractivity contribution in [1.29, 1.82) is 0 Å². The Hall–Kier alpha value is -0.160. The summed E-state index contributed by atoms with van der Waals surface area (Å²) in [4.78, 5) is 2.34. The summed E-state index contributed by atoms with van der Waals surface area (Å²) in [5.41, 5.74) is 3.25. The summed E-state index contributed by atoms with van der Waals surface area (Å²) < 4.78 is 5.44. The number of nitrogens with zero attached hydrogens (tertiary/aromatic N) is 1. The number of nitrogens with one attached hydrogen (secondary N) is 1. The van der Waals surface area contributed by atoms with Crippen LogP contribution < -0.4 is 11.3 Å². The van der Waals surface area contributed by atoms with Gasteiger partial charge in [-0.25, -0.2) is 0 Å². The van der Waals surface area contributed by atoms with E-state index in [4.69, 9.17) is 10.6 Å². The third kappa shape index (κ3) is 3.44. The molecule has 3 N–H and O–H groups in total. The van der Waals surface area contributed by atoms with Gasteiger partial charge in [-0.15, -0.1) is 0 Å². The summed E-state index contributed by atoms with van der Waals surface area (Å²) in [5.74, 6) is 6.60. The molecule has 0 amide bonds. The van der Waals surface area contributed by atoms with E-state index in [2.05, 4.69) is 38.3 Å². The maximum absolute atomic E-state index is 5.86. The van der Waals surface area contributed by atoms with Gasteiger partial charge in [-0.05, 0) is 52.1 Å². The number of hydrazine groups is 1. The number of hydrogen-bond acceptors (Lipinski definition) is 4. The lowest BCUT2D eigenvalue weighted by molar-refractivity contribution is 0.0361. The summed E-state index contributed by atoms with van der Waals surface area (Å²) in [5, 5.41) is 0. The average molecular weight is 257 g/mol. The summed E-state index contributed by atoms with van der Waals surface area (Å²) in [6.45, 7) is 6.35. The molecule has 0 aromatic heterocycles. The molecule has 1 rings (SSSR count). The summed E-state index contributed by atoms with van der Waals surface area (Å²) >= 11 is 0. The number of hydrogen-bond donors (Lipinski definition) is 2. The van der Waals surface area contributed by atoms with Gasteiger partial charge in [-0.3, -0.25) is 11.3 Å². The van der Waals surface area contributed by atoms with E-state index in [-0.39, 0.29) is 5.54 Å². The minimum Gasteiger partial charge on any atom is -0.381 e. The van der Waals surface area contributed by atoms with Gasteiger partial charge >= 0.3 is 0 Å². The molecule has 1 unspecified atom stereocenters. The van der Waals surface area contributed by atoms with Crippen molar-refractivity contribution in [1.82, 2.24) is 10.3 Å². The van der Waals surface area contributed by atoms with Crippen LogP contribution in [0.15, 0.2) is 0 Å². The van der Waals surface area contributed by atoms with E-state index in [1.54, 1.807) is 0 Å². The van der Waals surface area contributed by atoms with E-state index in [0.29, 0.717) is 6.04 Å². The van der Waals surface area contributed by atoms with Gasteiger partial charge in [-0.1, -0.05) is 13.8 Å². The first kappa shape index (κ1) is 15.9. The van der Waals surface area contributed by atoms with Crippen LogP contribution in [-0.2, 0) is 4.74 Å². The number of ether oxygens (including phenoxy) is 1. The molecule has 108 valence electrons.